The van der Waals surface area contributed by atoms with E-state index in [1.54, 1.807) is 36.4 Å². The molecule has 3 nitrogen and oxygen atoms in total. The summed E-state index contributed by atoms with van der Waals surface area (Å²) in [4.78, 5) is 0.254. The predicted octanol–water partition coefficient (Wildman–Crippen LogP) is 4.16. The molecule has 0 amide bonds. The van der Waals surface area contributed by atoms with Gasteiger partial charge in [-0.3, -0.25) is 4.72 Å². The van der Waals surface area contributed by atoms with Crippen molar-refractivity contribution in [2.24, 2.45) is 0 Å². The Morgan fingerprint density at radius 1 is 1.11 bits per heavy atom. The summed E-state index contributed by atoms with van der Waals surface area (Å²) >= 11 is 5.52. The third-order valence-electron chi connectivity index (χ3n) is 2.53. The second-order valence-corrected chi connectivity index (χ2v) is 7.66. The van der Waals surface area contributed by atoms with Crippen molar-refractivity contribution in [3.63, 3.8) is 0 Å². The number of rotatable bonds is 3. The Morgan fingerprint density at radius 2 is 1.74 bits per heavy atom. The molecule has 100 valence electrons. The van der Waals surface area contributed by atoms with Gasteiger partial charge in [-0.1, -0.05) is 23.8 Å². The van der Waals surface area contributed by atoms with Crippen LogP contribution in [0.1, 0.15) is 5.56 Å². The maximum atomic E-state index is 12.2. The van der Waals surface area contributed by atoms with E-state index in [0.717, 1.165) is 13.6 Å². The van der Waals surface area contributed by atoms with Crippen LogP contribution in [0.3, 0.4) is 0 Å². The fourth-order valence-corrected chi connectivity index (χ4v) is 3.57. The number of sulfonamides is 1. The maximum Gasteiger partial charge on any atom is 0.261 e. The fourth-order valence-electron chi connectivity index (χ4n) is 1.50. The van der Waals surface area contributed by atoms with Crippen molar-refractivity contribution in [2.45, 2.75) is 11.8 Å². The molecule has 0 saturated carbocycles. The Hall–Kier alpha value is -0.600. The molecule has 2 aromatic rings. The Balaban J connectivity index is 2.36. The zero-order chi connectivity index (χ0) is 14.0. The lowest BCUT2D eigenvalue weighted by Gasteiger charge is -2.10. The van der Waals surface area contributed by atoms with Crippen LogP contribution >= 0.6 is 38.5 Å². The molecule has 0 spiro atoms. The summed E-state index contributed by atoms with van der Waals surface area (Å²) < 4.78 is 28.8. The van der Waals surface area contributed by atoms with Gasteiger partial charge in [-0.25, -0.2) is 8.42 Å². The number of hydrogen-bond donors (Lipinski definition) is 1. The largest absolute Gasteiger partial charge is 0.278 e. The van der Waals surface area contributed by atoms with Crippen molar-refractivity contribution in [3.05, 3.63) is 56.1 Å². The summed E-state index contributed by atoms with van der Waals surface area (Å²) in [5, 5.41) is 0. The average molecular weight is 452 g/mol. The van der Waals surface area contributed by atoms with Crippen molar-refractivity contribution in [3.8, 4) is 0 Å². The van der Waals surface area contributed by atoms with Gasteiger partial charge >= 0.3 is 0 Å². The van der Waals surface area contributed by atoms with Crippen LogP contribution in [0.15, 0.2) is 51.8 Å². The van der Waals surface area contributed by atoms with E-state index in [2.05, 4.69) is 43.2 Å². The second kappa shape index (κ2) is 5.80. The molecule has 19 heavy (non-hydrogen) atoms. The Kier molecular flexibility index (Phi) is 4.52. The first kappa shape index (κ1) is 14.8. The summed E-state index contributed by atoms with van der Waals surface area (Å²) in [5.41, 5.74) is 1.56. The zero-order valence-electron chi connectivity index (χ0n) is 10.0. The summed E-state index contributed by atoms with van der Waals surface area (Å²) in [6, 6.07) is 12.2. The number of hydrogen-bond acceptors (Lipinski definition) is 2. The number of anilines is 1. The van der Waals surface area contributed by atoms with Crippen LogP contribution in [0.5, 0.6) is 0 Å². The minimum atomic E-state index is -3.55. The molecular formula is C13H11BrINO2S. The van der Waals surface area contributed by atoms with Crippen LogP contribution in [-0.2, 0) is 10.0 Å². The minimum Gasteiger partial charge on any atom is -0.278 e. The van der Waals surface area contributed by atoms with Crippen molar-refractivity contribution in [2.75, 3.05) is 4.72 Å². The average Bonchev–Trinajstić information content (AvgIpc) is 2.35. The molecule has 2 aromatic carbocycles. The van der Waals surface area contributed by atoms with Gasteiger partial charge in [-0.05, 0) is 69.7 Å². The molecule has 0 aliphatic carbocycles. The molecule has 6 heteroatoms. The standard InChI is InChI=1S/C13H11BrINO2S/c1-9-5-7-10(8-6-9)19(17,18)16-12-4-2-3-11(15)13(12)14/h2-8,16H,1H3. The molecule has 1 N–H and O–H groups in total. The van der Waals surface area contributed by atoms with E-state index in [0.29, 0.717) is 5.69 Å². The molecule has 0 aliphatic heterocycles. The molecule has 0 aliphatic rings. The van der Waals surface area contributed by atoms with Gasteiger partial charge in [0.1, 0.15) is 0 Å². The molecule has 0 atom stereocenters. The molecule has 0 bridgehead atoms. The SMILES string of the molecule is Cc1ccc(S(=O)(=O)Nc2cccc(I)c2Br)cc1. The third kappa shape index (κ3) is 3.49. The molecule has 2 rings (SSSR count). The lowest BCUT2D eigenvalue weighted by Crippen LogP contribution is -2.13. The quantitative estimate of drug-likeness (QED) is 0.712. The van der Waals surface area contributed by atoms with E-state index in [4.69, 9.17) is 0 Å². The normalized spacial score (nSPS) is 11.3. The molecular weight excluding hydrogens is 441 g/mol. The highest BCUT2D eigenvalue weighted by Gasteiger charge is 2.15. The van der Waals surface area contributed by atoms with Gasteiger partial charge in [0.15, 0.2) is 0 Å². The van der Waals surface area contributed by atoms with Crippen molar-refractivity contribution < 1.29 is 8.42 Å². The van der Waals surface area contributed by atoms with Gasteiger partial charge in [0, 0.05) is 3.57 Å². The van der Waals surface area contributed by atoms with E-state index in [1.165, 1.54) is 0 Å². The highest BCUT2D eigenvalue weighted by molar-refractivity contribution is 14.1. The highest BCUT2D eigenvalue weighted by atomic mass is 127. The number of aryl methyl sites for hydroxylation is 1. The number of nitrogens with one attached hydrogen (secondary N) is 1. The van der Waals surface area contributed by atoms with E-state index < -0.39 is 10.0 Å². The van der Waals surface area contributed by atoms with Crippen LogP contribution in [0.25, 0.3) is 0 Å². The first-order valence-corrected chi connectivity index (χ1v) is 8.79. The van der Waals surface area contributed by atoms with Crippen LogP contribution in [0.2, 0.25) is 0 Å². The van der Waals surface area contributed by atoms with Crippen LogP contribution in [0, 0.1) is 10.5 Å². The van der Waals surface area contributed by atoms with Gasteiger partial charge < -0.3 is 0 Å². The monoisotopic (exact) mass is 451 g/mol. The van der Waals surface area contributed by atoms with E-state index in [1.807, 2.05) is 13.0 Å². The highest BCUT2D eigenvalue weighted by Crippen LogP contribution is 2.29. The van der Waals surface area contributed by atoms with Gasteiger partial charge in [0.25, 0.3) is 10.0 Å². The van der Waals surface area contributed by atoms with Gasteiger partial charge in [0.05, 0.1) is 15.1 Å². The lowest BCUT2D eigenvalue weighted by molar-refractivity contribution is 0.601. The van der Waals surface area contributed by atoms with Crippen molar-refractivity contribution >= 4 is 54.2 Å². The fraction of sp³-hybridized carbons (Fsp3) is 0.0769. The topological polar surface area (TPSA) is 46.2 Å². The first-order chi connectivity index (χ1) is 8.90. The summed E-state index contributed by atoms with van der Waals surface area (Å²) in [7, 11) is -3.55. The predicted molar refractivity (Wildman–Crippen MR) is 88.8 cm³/mol. The van der Waals surface area contributed by atoms with Crippen molar-refractivity contribution in [1.29, 1.82) is 0 Å². The Labute approximate surface area is 134 Å². The summed E-state index contributed by atoms with van der Waals surface area (Å²) in [6.07, 6.45) is 0. The number of benzene rings is 2. The smallest absolute Gasteiger partial charge is 0.261 e. The molecule has 0 aromatic heterocycles. The van der Waals surface area contributed by atoms with E-state index >= 15 is 0 Å². The van der Waals surface area contributed by atoms with Gasteiger partial charge in [-0.15, -0.1) is 0 Å². The second-order valence-electron chi connectivity index (χ2n) is 4.02. The molecule has 0 radical (unpaired) electrons. The molecule has 0 fully saturated rings. The maximum absolute atomic E-state index is 12.2. The Morgan fingerprint density at radius 3 is 2.37 bits per heavy atom. The minimum absolute atomic E-state index is 0.254. The summed E-state index contributed by atoms with van der Waals surface area (Å²) in [5.74, 6) is 0. The lowest BCUT2D eigenvalue weighted by atomic mass is 10.2. The van der Waals surface area contributed by atoms with Gasteiger partial charge in [-0.2, -0.15) is 0 Å². The number of halogens is 2. The van der Waals surface area contributed by atoms with Crippen LogP contribution in [0.4, 0.5) is 5.69 Å². The first-order valence-electron chi connectivity index (χ1n) is 5.43. The van der Waals surface area contributed by atoms with E-state index in [-0.39, 0.29) is 4.90 Å². The molecule has 0 saturated heterocycles. The van der Waals surface area contributed by atoms with Crippen LogP contribution < -0.4 is 4.72 Å². The van der Waals surface area contributed by atoms with Crippen molar-refractivity contribution in [1.82, 2.24) is 0 Å². The van der Waals surface area contributed by atoms with E-state index in [9.17, 15) is 8.42 Å². The Bertz CT molecular complexity index is 699. The molecule has 0 unspecified atom stereocenters. The van der Waals surface area contributed by atoms with Crippen LogP contribution in [-0.4, -0.2) is 8.42 Å². The third-order valence-corrected chi connectivity index (χ3v) is 6.40. The van der Waals surface area contributed by atoms with Gasteiger partial charge in [0.2, 0.25) is 0 Å². The summed E-state index contributed by atoms with van der Waals surface area (Å²) in [6.45, 7) is 1.92. The molecule has 0 heterocycles. The zero-order valence-corrected chi connectivity index (χ0v) is 14.6.